The molecular weight excluding hydrogens is 344 g/mol. The van der Waals surface area contributed by atoms with Crippen molar-refractivity contribution in [2.24, 2.45) is 5.92 Å². The first-order valence-electron chi connectivity index (χ1n) is 8.35. The zero-order valence-electron chi connectivity index (χ0n) is 14.4. The van der Waals surface area contributed by atoms with Crippen LogP contribution >= 0.6 is 0 Å². The summed E-state index contributed by atoms with van der Waals surface area (Å²) in [6, 6.07) is 4.63. The van der Waals surface area contributed by atoms with Crippen molar-refractivity contribution in [2.75, 3.05) is 13.1 Å². The molecule has 1 saturated heterocycles. The van der Waals surface area contributed by atoms with Crippen LogP contribution in [0.4, 0.5) is 0 Å². The number of aliphatic carboxylic acids is 1. The minimum Gasteiger partial charge on any atom is -0.480 e. The summed E-state index contributed by atoms with van der Waals surface area (Å²) >= 11 is 0. The Bertz CT molecular complexity index is 722. The molecule has 1 fully saturated rings. The molecule has 1 unspecified atom stereocenters. The second-order valence-electron chi connectivity index (χ2n) is 6.63. The Morgan fingerprint density at radius 3 is 2.20 bits per heavy atom. The fourth-order valence-electron chi connectivity index (χ4n) is 2.79. The molecule has 0 bridgehead atoms. The molecule has 7 nitrogen and oxygen atoms in total. The maximum Gasteiger partial charge on any atom is 0.326 e. The third-order valence-electron chi connectivity index (χ3n) is 4.13. The smallest absolute Gasteiger partial charge is 0.326 e. The molecule has 1 aromatic rings. The largest absolute Gasteiger partial charge is 0.480 e. The van der Waals surface area contributed by atoms with Crippen LogP contribution in [0.15, 0.2) is 29.2 Å². The van der Waals surface area contributed by atoms with Crippen LogP contribution in [-0.2, 0) is 14.8 Å². The highest BCUT2D eigenvalue weighted by Gasteiger charge is 2.27. The topological polar surface area (TPSA) is 104 Å². The number of carboxylic acid groups (broad SMARTS) is 1. The number of nitrogens with one attached hydrogen (secondary N) is 1. The number of benzene rings is 1. The fraction of sp³-hybridized carbons (Fsp3) is 0.529. The Labute approximate surface area is 148 Å². The minimum absolute atomic E-state index is 0.120. The molecule has 0 aliphatic carbocycles. The van der Waals surface area contributed by atoms with Crippen LogP contribution in [0.2, 0.25) is 0 Å². The number of carbonyl (C=O) groups excluding carboxylic acids is 1. The summed E-state index contributed by atoms with van der Waals surface area (Å²) in [5.74, 6) is -1.50. The summed E-state index contributed by atoms with van der Waals surface area (Å²) in [5, 5.41) is 11.7. The highest BCUT2D eigenvalue weighted by Crippen LogP contribution is 2.21. The molecule has 8 heteroatoms. The summed E-state index contributed by atoms with van der Waals surface area (Å²) in [6.45, 7) is 4.78. The lowest BCUT2D eigenvalue weighted by atomic mass is 10.0. The van der Waals surface area contributed by atoms with Gasteiger partial charge in [-0.15, -0.1) is 0 Å². The summed E-state index contributed by atoms with van der Waals surface area (Å²) in [5.41, 5.74) is 0.232. The van der Waals surface area contributed by atoms with Crippen LogP contribution in [0.5, 0.6) is 0 Å². The van der Waals surface area contributed by atoms with Crippen molar-refractivity contribution in [3.63, 3.8) is 0 Å². The van der Waals surface area contributed by atoms with Gasteiger partial charge >= 0.3 is 5.97 Å². The highest BCUT2D eigenvalue weighted by atomic mass is 32.2. The van der Waals surface area contributed by atoms with Crippen molar-refractivity contribution in [3.8, 4) is 0 Å². The normalized spacial score (nSPS) is 16.8. The Morgan fingerprint density at radius 1 is 1.16 bits per heavy atom. The maximum absolute atomic E-state index is 12.5. The lowest BCUT2D eigenvalue weighted by Crippen LogP contribution is -2.41. The van der Waals surface area contributed by atoms with Gasteiger partial charge in [-0.3, -0.25) is 4.79 Å². The van der Waals surface area contributed by atoms with E-state index in [9.17, 15) is 23.1 Å². The Kier molecular flexibility index (Phi) is 6.18. The SMILES string of the molecule is CC(C)CC(NC(=O)c1ccc(S(=O)(=O)N2CCCC2)cc1)C(=O)O. The molecule has 1 aliphatic heterocycles. The highest BCUT2D eigenvalue weighted by molar-refractivity contribution is 7.89. The van der Waals surface area contributed by atoms with Gasteiger partial charge in [-0.1, -0.05) is 13.8 Å². The van der Waals surface area contributed by atoms with Crippen LogP contribution in [0.25, 0.3) is 0 Å². The van der Waals surface area contributed by atoms with Gasteiger partial charge in [0.15, 0.2) is 0 Å². The van der Waals surface area contributed by atoms with Gasteiger partial charge in [0.05, 0.1) is 4.90 Å². The number of hydrogen-bond donors (Lipinski definition) is 2. The molecule has 138 valence electrons. The third-order valence-corrected chi connectivity index (χ3v) is 6.04. The molecule has 0 saturated carbocycles. The molecule has 2 rings (SSSR count). The standard InChI is InChI=1S/C17H24N2O5S/c1-12(2)11-15(17(21)22)18-16(20)13-5-7-14(8-6-13)25(23,24)19-9-3-4-10-19/h5-8,12,15H,3-4,9-11H2,1-2H3,(H,18,20)(H,21,22). The monoisotopic (exact) mass is 368 g/mol. The van der Waals surface area contributed by atoms with E-state index in [0.717, 1.165) is 12.8 Å². The van der Waals surface area contributed by atoms with Crippen LogP contribution in [-0.4, -0.2) is 48.8 Å². The lowest BCUT2D eigenvalue weighted by Gasteiger charge is -2.17. The number of amides is 1. The summed E-state index contributed by atoms with van der Waals surface area (Å²) in [4.78, 5) is 23.6. The van der Waals surface area contributed by atoms with E-state index in [2.05, 4.69) is 5.32 Å². The van der Waals surface area contributed by atoms with E-state index in [1.54, 1.807) is 0 Å². The lowest BCUT2D eigenvalue weighted by molar-refractivity contribution is -0.139. The predicted molar refractivity (Wildman–Crippen MR) is 92.8 cm³/mol. The summed E-state index contributed by atoms with van der Waals surface area (Å²) in [6.07, 6.45) is 2.03. The number of rotatable bonds is 7. The number of carbonyl (C=O) groups is 2. The molecule has 1 aromatic carbocycles. The summed E-state index contributed by atoms with van der Waals surface area (Å²) < 4.78 is 26.3. The average Bonchev–Trinajstić information content (AvgIpc) is 3.09. The van der Waals surface area contributed by atoms with E-state index < -0.39 is 27.9 Å². The molecule has 0 aromatic heterocycles. The minimum atomic E-state index is -3.53. The molecule has 25 heavy (non-hydrogen) atoms. The molecule has 1 atom stereocenters. The maximum atomic E-state index is 12.5. The third kappa shape index (κ3) is 4.79. The van der Waals surface area contributed by atoms with E-state index in [0.29, 0.717) is 19.5 Å². The van der Waals surface area contributed by atoms with E-state index in [1.807, 2.05) is 13.8 Å². The van der Waals surface area contributed by atoms with Gasteiger partial charge in [0, 0.05) is 18.7 Å². The predicted octanol–water partition coefficient (Wildman–Crippen LogP) is 1.70. The first-order valence-corrected chi connectivity index (χ1v) is 9.79. The number of sulfonamides is 1. The van der Waals surface area contributed by atoms with E-state index in [-0.39, 0.29) is 16.4 Å². The second kappa shape index (κ2) is 7.97. The van der Waals surface area contributed by atoms with Crippen molar-refractivity contribution in [3.05, 3.63) is 29.8 Å². The Balaban J connectivity index is 2.10. The second-order valence-corrected chi connectivity index (χ2v) is 8.57. The van der Waals surface area contributed by atoms with Crippen LogP contribution in [0.1, 0.15) is 43.5 Å². The van der Waals surface area contributed by atoms with Gasteiger partial charge in [-0.25, -0.2) is 13.2 Å². The molecule has 0 spiro atoms. The fourth-order valence-corrected chi connectivity index (χ4v) is 4.31. The van der Waals surface area contributed by atoms with Gasteiger partial charge in [0.25, 0.3) is 5.91 Å². The first-order chi connectivity index (χ1) is 11.7. The van der Waals surface area contributed by atoms with Crippen molar-refractivity contribution in [1.29, 1.82) is 0 Å². The molecule has 0 radical (unpaired) electrons. The Hall–Kier alpha value is -1.93. The number of nitrogens with zero attached hydrogens (tertiary/aromatic N) is 1. The molecule has 2 N–H and O–H groups in total. The Morgan fingerprint density at radius 2 is 1.72 bits per heavy atom. The van der Waals surface area contributed by atoms with Crippen molar-refractivity contribution < 1.29 is 23.1 Å². The van der Waals surface area contributed by atoms with Crippen LogP contribution < -0.4 is 5.32 Å². The van der Waals surface area contributed by atoms with E-state index >= 15 is 0 Å². The molecule has 1 amide bonds. The molecule has 1 aliphatic rings. The zero-order chi connectivity index (χ0) is 18.6. The van der Waals surface area contributed by atoms with Crippen LogP contribution in [0, 0.1) is 5.92 Å². The van der Waals surface area contributed by atoms with E-state index in [1.165, 1.54) is 28.6 Å². The van der Waals surface area contributed by atoms with Gasteiger partial charge < -0.3 is 10.4 Å². The zero-order valence-corrected chi connectivity index (χ0v) is 15.3. The van der Waals surface area contributed by atoms with Gasteiger partial charge in [0.2, 0.25) is 10.0 Å². The average molecular weight is 368 g/mol. The van der Waals surface area contributed by atoms with Crippen molar-refractivity contribution >= 4 is 21.9 Å². The van der Waals surface area contributed by atoms with E-state index in [4.69, 9.17) is 0 Å². The number of hydrogen-bond acceptors (Lipinski definition) is 4. The quantitative estimate of drug-likeness (QED) is 0.762. The van der Waals surface area contributed by atoms with Gasteiger partial charge in [-0.05, 0) is 49.4 Å². The first kappa shape index (κ1) is 19.4. The summed E-state index contributed by atoms with van der Waals surface area (Å²) in [7, 11) is -3.53. The molecule has 1 heterocycles. The van der Waals surface area contributed by atoms with Gasteiger partial charge in [-0.2, -0.15) is 4.31 Å². The van der Waals surface area contributed by atoms with Crippen LogP contribution in [0.3, 0.4) is 0 Å². The van der Waals surface area contributed by atoms with Gasteiger partial charge in [0.1, 0.15) is 6.04 Å². The van der Waals surface area contributed by atoms with Crippen molar-refractivity contribution in [1.82, 2.24) is 9.62 Å². The van der Waals surface area contributed by atoms with Crippen molar-refractivity contribution in [2.45, 2.75) is 44.0 Å². The number of carboxylic acids is 1. The molecular formula is C17H24N2O5S.